The van der Waals surface area contributed by atoms with E-state index in [-0.39, 0.29) is 30.8 Å². The van der Waals surface area contributed by atoms with Crippen LogP contribution in [0.3, 0.4) is 0 Å². The number of benzene rings is 1. The van der Waals surface area contributed by atoms with E-state index in [4.69, 9.17) is 21.7 Å². The number of rotatable bonds is 1. The number of piperazine rings is 1. The number of ether oxygens (including phenoxy) is 2. The van der Waals surface area contributed by atoms with Gasteiger partial charge in [-0.2, -0.15) is 0 Å². The number of thiocarbonyl (C=S) groups is 1. The molecule has 5 aliphatic rings. The minimum Gasteiger partial charge on any atom is -0.454 e. The Hall–Kier alpha value is -2.80. The Labute approximate surface area is 174 Å². The molecule has 1 aliphatic carbocycles. The smallest absolute Gasteiger partial charge is 0.243 e. The number of carbonyl (C=O) groups is 1. The summed E-state index contributed by atoms with van der Waals surface area (Å²) < 4.78 is 11.1. The number of hydrogen-bond acceptors (Lipinski definition) is 5. The van der Waals surface area contributed by atoms with Gasteiger partial charge in [-0.05, 0) is 29.7 Å². The number of hydrogen-bond donors (Lipinski definition) is 1. The lowest BCUT2D eigenvalue weighted by atomic mass is 9.81. The highest BCUT2D eigenvalue weighted by atomic mass is 32.1. The predicted octanol–water partition coefficient (Wildman–Crippen LogP) is 2.30. The van der Waals surface area contributed by atoms with Crippen molar-refractivity contribution in [1.82, 2.24) is 15.1 Å². The molecule has 29 heavy (non-hydrogen) atoms. The topological polar surface area (TPSA) is 54.0 Å². The first-order chi connectivity index (χ1) is 14.1. The highest BCUT2D eigenvalue weighted by Gasteiger charge is 2.49. The highest BCUT2D eigenvalue weighted by molar-refractivity contribution is 7.80. The van der Waals surface area contributed by atoms with Gasteiger partial charge in [-0.1, -0.05) is 42.6 Å². The van der Waals surface area contributed by atoms with Gasteiger partial charge in [-0.25, -0.2) is 0 Å². The van der Waals surface area contributed by atoms with E-state index in [1.165, 1.54) is 5.57 Å². The number of likely N-dealkylation sites (N-methyl/N-ethyl adjacent to an activating group) is 1. The first-order valence-corrected chi connectivity index (χ1v) is 10.3. The standard InChI is InChI=1S/C22H21N3O3S/c1-24-10-19(26)25-16(22(24)29)9-14-13-4-2-3-5-15(13)23-20(14)21(25)12-6-7-17-18(8-12)28-11-27-17/h2-8,13,15-16,21,23H,9-11H2,1H3/t13?,15?,16-,21-/m1/s1. The lowest BCUT2D eigenvalue weighted by Gasteiger charge is -2.48. The Bertz CT molecular complexity index is 1030. The largest absolute Gasteiger partial charge is 0.454 e. The number of allylic oxidation sites excluding steroid dienone is 2. The van der Waals surface area contributed by atoms with E-state index in [2.05, 4.69) is 29.6 Å². The van der Waals surface area contributed by atoms with Crippen molar-refractivity contribution in [2.24, 2.45) is 5.92 Å². The third-order valence-corrected chi connectivity index (χ3v) is 7.12. The molecule has 1 aromatic carbocycles. The van der Waals surface area contributed by atoms with Crippen LogP contribution in [0.4, 0.5) is 0 Å². The van der Waals surface area contributed by atoms with Crippen molar-refractivity contribution in [3.63, 3.8) is 0 Å². The quantitative estimate of drug-likeness (QED) is 0.721. The fourth-order valence-electron chi connectivity index (χ4n) is 5.21. The SMILES string of the molecule is CN1CC(=O)N2[C@H](CC3=C(NC4C=CC=CC34)[C@H]2c2ccc3c(c2)OCO3)C1=S. The third kappa shape index (κ3) is 2.40. The van der Waals surface area contributed by atoms with Crippen LogP contribution < -0.4 is 14.8 Å². The second-order valence-corrected chi connectivity index (χ2v) is 8.55. The van der Waals surface area contributed by atoms with Gasteiger partial charge in [0.15, 0.2) is 11.5 Å². The monoisotopic (exact) mass is 407 g/mol. The Kier molecular flexibility index (Phi) is 3.59. The maximum Gasteiger partial charge on any atom is 0.243 e. The third-order valence-electron chi connectivity index (χ3n) is 6.54. The molecule has 6 nitrogen and oxygen atoms in total. The summed E-state index contributed by atoms with van der Waals surface area (Å²) in [5.41, 5.74) is 3.50. The van der Waals surface area contributed by atoms with Crippen LogP contribution in [0.15, 0.2) is 53.8 Å². The molecule has 7 heteroatoms. The van der Waals surface area contributed by atoms with E-state index in [0.29, 0.717) is 12.5 Å². The molecule has 6 rings (SSSR count). The van der Waals surface area contributed by atoms with Crippen LogP contribution in [0.2, 0.25) is 0 Å². The van der Waals surface area contributed by atoms with Crippen LogP contribution in [-0.4, -0.2) is 53.2 Å². The van der Waals surface area contributed by atoms with Crippen LogP contribution in [0.25, 0.3) is 0 Å². The molecule has 1 fully saturated rings. The number of amides is 1. The molecule has 0 radical (unpaired) electrons. The number of fused-ring (bicyclic) bond motifs is 4. The first-order valence-electron chi connectivity index (χ1n) is 9.92. The number of carbonyl (C=O) groups excluding carboxylic acids is 1. The molecule has 4 heterocycles. The molecule has 1 amide bonds. The Morgan fingerprint density at radius 3 is 2.90 bits per heavy atom. The zero-order valence-corrected chi connectivity index (χ0v) is 16.8. The van der Waals surface area contributed by atoms with Crippen LogP contribution in [-0.2, 0) is 4.79 Å². The van der Waals surface area contributed by atoms with Crippen LogP contribution in [0.1, 0.15) is 18.0 Å². The van der Waals surface area contributed by atoms with Crippen molar-refractivity contribution >= 4 is 23.1 Å². The molecule has 0 spiro atoms. The Morgan fingerprint density at radius 2 is 2.00 bits per heavy atom. The predicted molar refractivity (Wildman–Crippen MR) is 112 cm³/mol. The zero-order chi connectivity index (χ0) is 19.7. The number of nitrogens with zero attached hydrogens (tertiary/aromatic N) is 2. The van der Waals surface area contributed by atoms with E-state index in [1.54, 1.807) is 0 Å². The second-order valence-electron chi connectivity index (χ2n) is 8.14. The van der Waals surface area contributed by atoms with Gasteiger partial charge in [-0.3, -0.25) is 4.79 Å². The Morgan fingerprint density at radius 1 is 1.17 bits per heavy atom. The van der Waals surface area contributed by atoms with Gasteiger partial charge in [0.25, 0.3) is 0 Å². The van der Waals surface area contributed by atoms with Gasteiger partial charge in [0.1, 0.15) is 4.99 Å². The van der Waals surface area contributed by atoms with E-state index < -0.39 is 0 Å². The maximum absolute atomic E-state index is 13.2. The molecule has 148 valence electrons. The van der Waals surface area contributed by atoms with E-state index >= 15 is 0 Å². The summed E-state index contributed by atoms with van der Waals surface area (Å²) >= 11 is 5.78. The molecule has 0 aromatic heterocycles. The molecule has 0 saturated carbocycles. The molecule has 4 atom stereocenters. The number of nitrogens with one attached hydrogen (secondary N) is 1. The molecule has 2 unspecified atom stereocenters. The van der Waals surface area contributed by atoms with Crippen molar-refractivity contribution in [1.29, 1.82) is 0 Å². The second kappa shape index (κ2) is 6.10. The van der Waals surface area contributed by atoms with Crippen molar-refractivity contribution in [2.75, 3.05) is 20.4 Å². The summed E-state index contributed by atoms with van der Waals surface area (Å²) in [5, 5.41) is 3.71. The zero-order valence-electron chi connectivity index (χ0n) is 16.0. The Balaban J connectivity index is 1.51. The van der Waals surface area contributed by atoms with Crippen molar-refractivity contribution in [3.8, 4) is 11.5 Å². The van der Waals surface area contributed by atoms with E-state index in [9.17, 15) is 4.79 Å². The van der Waals surface area contributed by atoms with Gasteiger partial charge in [0.05, 0.1) is 24.7 Å². The van der Waals surface area contributed by atoms with Gasteiger partial charge in [-0.15, -0.1) is 0 Å². The van der Waals surface area contributed by atoms with Crippen LogP contribution in [0, 0.1) is 5.92 Å². The molecule has 1 saturated heterocycles. The summed E-state index contributed by atoms with van der Waals surface area (Å²) in [5.74, 6) is 1.88. The van der Waals surface area contributed by atoms with Crippen molar-refractivity contribution in [3.05, 3.63) is 59.3 Å². The minimum absolute atomic E-state index is 0.100. The summed E-state index contributed by atoms with van der Waals surface area (Å²) in [6.45, 7) is 0.543. The van der Waals surface area contributed by atoms with Gasteiger partial charge < -0.3 is 24.6 Å². The molecule has 1 aromatic rings. The lowest BCUT2D eigenvalue weighted by molar-refractivity contribution is -0.136. The van der Waals surface area contributed by atoms with Crippen LogP contribution >= 0.6 is 12.2 Å². The molecule has 1 N–H and O–H groups in total. The van der Waals surface area contributed by atoms with E-state index in [1.807, 2.05) is 35.0 Å². The van der Waals surface area contributed by atoms with Crippen molar-refractivity contribution < 1.29 is 14.3 Å². The fourth-order valence-corrected chi connectivity index (χ4v) is 5.47. The molecular weight excluding hydrogens is 386 g/mol. The summed E-state index contributed by atoms with van der Waals surface area (Å²) in [7, 11) is 1.91. The first kappa shape index (κ1) is 17.1. The summed E-state index contributed by atoms with van der Waals surface area (Å²) in [4.78, 5) is 17.9. The summed E-state index contributed by atoms with van der Waals surface area (Å²) in [6, 6.07) is 5.89. The van der Waals surface area contributed by atoms with E-state index in [0.717, 1.165) is 34.2 Å². The lowest BCUT2D eigenvalue weighted by Crippen LogP contribution is -2.61. The molecule has 4 aliphatic heterocycles. The minimum atomic E-state index is -0.204. The maximum atomic E-state index is 13.2. The average Bonchev–Trinajstić information content (AvgIpc) is 3.34. The van der Waals surface area contributed by atoms with Gasteiger partial charge in [0.2, 0.25) is 12.7 Å². The fraction of sp³-hybridized carbons (Fsp3) is 0.364. The molecular formula is C22H21N3O3S. The average molecular weight is 407 g/mol. The summed E-state index contributed by atoms with van der Waals surface area (Å²) in [6.07, 6.45) is 9.42. The molecule has 0 bridgehead atoms. The van der Waals surface area contributed by atoms with Gasteiger partial charge in [0, 0.05) is 18.7 Å². The van der Waals surface area contributed by atoms with Crippen LogP contribution in [0.5, 0.6) is 11.5 Å². The van der Waals surface area contributed by atoms with Crippen molar-refractivity contribution in [2.45, 2.75) is 24.5 Å². The normalized spacial score (nSPS) is 31.6. The van der Waals surface area contributed by atoms with Gasteiger partial charge >= 0.3 is 0 Å². The highest BCUT2D eigenvalue weighted by Crippen LogP contribution is 2.48.